The number of amides is 1. The molecule has 0 aliphatic carbocycles. The number of hydrogen-bond acceptors (Lipinski definition) is 3. The van der Waals surface area contributed by atoms with Gasteiger partial charge in [0.15, 0.2) is 0 Å². The summed E-state index contributed by atoms with van der Waals surface area (Å²) in [4.78, 5) is 15.5. The number of hydrogen-bond donors (Lipinski definition) is 3. The number of benzene rings is 2. The molecule has 0 bridgehead atoms. The van der Waals surface area contributed by atoms with E-state index in [0.29, 0.717) is 11.4 Å². The number of primary sulfonamides is 1. The Morgan fingerprint density at radius 1 is 1.12 bits per heavy atom. The fourth-order valence-corrected chi connectivity index (χ4v) is 3.13. The van der Waals surface area contributed by atoms with E-state index in [0.717, 1.165) is 22.0 Å². The lowest BCUT2D eigenvalue weighted by molar-refractivity contribution is 0.102. The Morgan fingerprint density at radius 3 is 2.50 bits per heavy atom. The lowest BCUT2D eigenvalue weighted by atomic mass is 10.1. The lowest BCUT2D eigenvalue weighted by Crippen LogP contribution is -2.16. The van der Waals surface area contributed by atoms with E-state index in [9.17, 15) is 13.2 Å². The van der Waals surface area contributed by atoms with Crippen LogP contribution in [0.15, 0.2) is 47.4 Å². The Bertz CT molecular complexity index is 1020. The van der Waals surface area contributed by atoms with Crippen LogP contribution >= 0.6 is 0 Å². The second-order valence-electron chi connectivity index (χ2n) is 5.68. The van der Waals surface area contributed by atoms with Crippen LogP contribution in [0, 0.1) is 13.8 Å². The molecule has 1 heterocycles. The minimum absolute atomic E-state index is 0.0300. The van der Waals surface area contributed by atoms with Crippen LogP contribution in [-0.2, 0) is 10.0 Å². The monoisotopic (exact) mass is 343 g/mol. The van der Waals surface area contributed by atoms with E-state index in [1.54, 1.807) is 13.0 Å². The van der Waals surface area contributed by atoms with Crippen LogP contribution in [0.3, 0.4) is 0 Å². The van der Waals surface area contributed by atoms with Crippen molar-refractivity contribution in [3.05, 3.63) is 59.3 Å². The van der Waals surface area contributed by atoms with E-state index in [4.69, 9.17) is 5.14 Å². The summed E-state index contributed by atoms with van der Waals surface area (Å²) in [5.41, 5.74) is 3.19. The second kappa shape index (κ2) is 5.77. The molecule has 124 valence electrons. The van der Waals surface area contributed by atoms with Crippen molar-refractivity contribution in [1.82, 2.24) is 4.98 Å². The number of carbonyl (C=O) groups excluding carboxylic acids is 1. The first-order valence-electron chi connectivity index (χ1n) is 7.29. The SMILES string of the molecule is Cc1cc(S(N)(=O)=O)cc(NC(=O)c2cc3ccccc3[nH]2)c1C. The van der Waals surface area contributed by atoms with E-state index in [1.807, 2.05) is 31.2 Å². The molecule has 6 nitrogen and oxygen atoms in total. The molecule has 7 heteroatoms. The van der Waals surface area contributed by atoms with Gasteiger partial charge in [0.2, 0.25) is 10.0 Å². The molecule has 3 rings (SSSR count). The Balaban J connectivity index is 1.98. The van der Waals surface area contributed by atoms with Crippen LogP contribution in [-0.4, -0.2) is 19.3 Å². The maximum Gasteiger partial charge on any atom is 0.272 e. The van der Waals surface area contributed by atoms with Crippen LogP contribution in [0.5, 0.6) is 0 Å². The number of sulfonamides is 1. The molecule has 0 unspecified atom stereocenters. The highest BCUT2D eigenvalue weighted by Crippen LogP contribution is 2.24. The maximum absolute atomic E-state index is 12.5. The summed E-state index contributed by atoms with van der Waals surface area (Å²) in [7, 11) is -3.84. The lowest BCUT2D eigenvalue weighted by Gasteiger charge is -2.12. The van der Waals surface area contributed by atoms with Crippen LogP contribution in [0.4, 0.5) is 5.69 Å². The fourth-order valence-electron chi connectivity index (χ4n) is 2.51. The molecule has 4 N–H and O–H groups in total. The summed E-state index contributed by atoms with van der Waals surface area (Å²) in [6.45, 7) is 3.58. The van der Waals surface area contributed by atoms with E-state index in [2.05, 4.69) is 10.3 Å². The first-order valence-corrected chi connectivity index (χ1v) is 8.83. The zero-order chi connectivity index (χ0) is 17.5. The van der Waals surface area contributed by atoms with Crippen molar-refractivity contribution in [1.29, 1.82) is 0 Å². The van der Waals surface area contributed by atoms with E-state index in [-0.39, 0.29) is 10.8 Å². The summed E-state index contributed by atoms with van der Waals surface area (Å²) in [5, 5.41) is 8.87. The molecule has 3 aromatic rings. The van der Waals surface area contributed by atoms with Crippen molar-refractivity contribution in [3.8, 4) is 0 Å². The molecule has 0 saturated carbocycles. The van der Waals surface area contributed by atoms with Crippen molar-refractivity contribution < 1.29 is 13.2 Å². The van der Waals surface area contributed by atoms with Crippen LogP contribution < -0.4 is 10.5 Å². The summed E-state index contributed by atoms with van der Waals surface area (Å²) in [5.74, 6) is -0.347. The average molecular weight is 343 g/mol. The molecule has 0 atom stereocenters. The molecule has 24 heavy (non-hydrogen) atoms. The number of aromatic amines is 1. The zero-order valence-corrected chi connectivity index (χ0v) is 14.1. The van der Waals surface area contributed by atoms with Gasteiger partial charge in [0, 0.05) is 16.6 Å². The molecular weight excluding hydrogens is 326 g/mol. The minimum atomic E-state index is -3.84. The van der Waals surface area contributed by atoms with Gasteiger partial charge in [0.05, 0.1) is 4.90 Å². The topological polar surface area (TPSA) is 105 Å². The van der Waals surface area contributed by atoms with Crippen LogP contribution in [0.25, 0.3) is 10.9 Å². The number of fused-ring (bicyclic) bond motifs is 1. The highest BCUT2D eigenvalue weighted by atomic mass is 32.2. The highest BCUT2D eigenvalue weighted by molar-refractivity contribution is 7.89. The van der Waals surface area contributed by atoms with Crippen molar-refractivity contribution >= 4 is 32.5 Å². The third-order valence-corrected chi connectivity index (χ3v) is 4.88. The smallest absolute Gasteiger partial charge is 0.272 e. The van der Waals surface area contributed by atoms with E-state index >= 15 is 0 Å². The molecule has 0 aliphatic rings. The normalized spacial score (nSPS) is 11.6. The first kappa shape index (κ1) is 16.2. The summed E-state index contributed by atoms with van der Waals surface area (Å²) in [6.07, 6.45) is 0. The van der Waals surface area contributed by atoms with Crippen LogP contribution in [0.2, 0.25) is 0 Å². The molecule has 1 amide bonds. The Hall–Kier alpha value is -2.64. The standard InChI is InChI=1S/C17H17N3O3S/c1-10-7-13(24(18,22)23)9-15(11(10)2)20-17(21)16-8-12-5-3-4-6-14(12)19-16/h3-9,19H,1-2H3,(H,20,21)(H2,18,22,23). The van der Waals surface area contributed by atoms with Crippen molar-refractivity contribution in [2.45, 2.75) is 18.7 Å². The van der Waals surface area contributed by atoms with Gasteiger partial charge >= 0.3 is 0 Å². The molecule has 2 aromatic carbocycles. The molecular formula is C17H17N3O3S. The Morgan fingerprint density at radius 2 is 1.83 bits per heavy atom. The number of aromatic nitrogens is 1. The van der Waals surface area contributed by atoms with Gasteiger partial charge in [0.25, 0.3) is 5.91 Å². The predicted molar refractivity (Wildman–Crippen MR) is 93.5 cm³/mol. The average Bonchev–Trinajstić information content (AvgIpc) is 2.94. The van der Waals surface area contributed by atoms with Crippen molar-refractivity contribution in [2.24, 2.45) is 5.14 Å². The van der Waals surface area contributed by atoms with Crippen molar-refractivity contribution in [2.75, 3.05) is 5.32 Å². The number of H-pyrrole nitrogens is 1. The first-order chi connectivity index (χ1) is 11.3. The van der Waals surface area contributed by atoms with E-state index in [1.165, 1.54) is 12.1 Å². The number of carbonyl (C=O) groups is 1. The molecule has 0 radical (unpaired) electrons. The molecule has 0 spiro atoms. The fraction of sp³-hybridized carbons (Fsp3) is 0.118. The summed E-state index contributed by atoms with van der Waals surface area (Å²) >= 11 is 0. The van der Waals surface area contributed by atoms with Gasteiger partial charge in [-0.3, -0.25) is 4.79 Å². The number of rotatable bonds is 3. The number of aryl methyl sites for hydroxylation is 1. The largest absolute Gasteiger partial charge is 0.351 e. The van der Waals surface area contributed by atoms with Gasteiger partial charge in [-0.05, 0) is 49.2 Å². The van der Waals surface area contributed by atoms with Gasteiger partial charge in [-0.15, -0.1) is 0 Å². The third kappa shape index (κ3) is 3.04. The van der Waals surface area contributed by atoms with Gasteiger partial charge < -0.3 is 10.3 Å². The third-order valence-electron chi connectivity index (χ3n) is 3.99. The van der Waals surface area contributed by atoms with Gasteiger partial charge in [-0.25, -0.2) is 13.6 Å². The molecule has 0 fully saturated rings. The Labute approximate surface area is 139 Å². The molecule has 0 saturated heterocycles. The highest BCUT2D eigenvalue weighted by Gasteiger charge is 2.16. The molecule has 1 aromatic heterocycles. The van der Waals surface area contributed by atoms with Gasteiger partial charge in [-0.2, -0.15) is 0 Å². The number of nitrogens with one attached hydrogen (secondary N) is 2. The van der Waals surface area contributed by atoms with Crippen LogP contribution in [0.1, 0.15) is 21.6 Å². The summed E-state index contributed by atoms with van der Waals surface area (Å²) < 4.78 is 23.2. The Kier molecular flexibility index (Phi) is 3.90. The number of anilines is 1. The van der Waals surface area contributed by atoms with E-state index < -0.39 is 10.0 Å². The quantitative estimate of drug-likeness (QED) is 0.681. The summed E-state index contributed by atoms with van der Waals surface area (Å²) in [6, 6.07) is 12.2. The number of para-hydroxylation sites is 1. The van der Waals surface area contributed by atoms with Gasteiger partial charge in [-0.1, -0.05) is 18.2 Å². The van der Waals surface area contributed by atoms with Crippen molar-refractivity contribution in [3.63, 3.8) is 0 Å². The molecule has 0 aliphatic heterocycles. The number of nitrogens with two attached hydrogens (primary N) is 1. The zero-order valence-electron chi connectivity index (χ0n) is 13.3. The predicted octanol–water partition coefficient (Wildman–Crippen LogP) is 2.68. The second-order valence-corrected chi connectivity index (χ2v) is 7.24. The maximum atomic E-state index is 12.5. The van der Waals surface area contributed by atoms with Gasteiger partial charge in [0.1, 0.15) is 5.69 Å². The minimum Gasteiger partial charge on any atom is -0.351 e.